The molecular weight excluding hydrogens is 262 g/mol. The van der Waals surface area contributed by atoms with Gasteiger partial charge in [0.2, 0.25) is 5.91 Å². The highest BCUT2D eigenvalue weighted by atomic mass is 32.1. The van der Waals surface area contributed by atoms with Crippen molar-refractivity contribution in [2.75, 3.05) is 13.2 Å². The third-order valence-corrected chi connectivity index (χ3v) is 4.27. The average Bonchev–Trinajstić information content (AvgIpc) is 3.05. The van der Waals surface area contributed by atoms with E-state index >= 15 is 0 Å². The van der Waals surface area contributed by atoms with E-state index in [1.807, 2.05) is 16.3 Å². The number of rotatable bonds is 5. The number of carbonyl (C=O) groups is 2. The second-order valence-electron chi connectivity index (χ2n) is 4.57. The molecule has 1 amide bonds. The lowest BCUT2D eigenvalue weighted by Gasteiger charge is -2.23. The number of likely N-dealkylation sites (tertiary alicyclic amines) is 1. The van der Waals surface area contributed by atoms with Crippen LogP contribution >= 0.6 is 11.3 Å². The Morgan fingerprint density at radius 1 is 1.47 bits per heavy atom. The minimum absolute atomic E-state index is 0.0592. The fourth-order valence-corrected chi connectivity index (χ4v) is 3.30. The Morgan fingerprint density at radius 3 is 3.00 bits per heavy atom. The SMILES string of the molecule is CCOC(=O)CCC(=O)N1CCC[C@@H]1c1cccs1. The highest BCUT2D eigenvalue weighted by Gasteiger charge is 2.30. The number of thiophene rings is 1. The monoisotopic (exact) mass is 281 g/mol. The first-order valence-corrected chi connectivity index (χ1v) is 7.59. The summed E-state index contributed by atoms with van der Waals surface area (Å²) in [5.74, 6) is -0.230. The lowest BCUT2D eigenvalue weighted by atomic mass is 10.1. The molecule has 0 bridgehead atoms. The van der Waals surface area contributed by atoms with Gasteiger partial charge in [0.05, 0.1) is 19.1 Å². The van der Waals surface area contributed by atoms with E-state index < -0.39 is 0 Å². The number of hydrogen-bond acceptors (Lipinski definition) is 4. The van der Waals surface area contributed by atoms with E-state index in [-0.39, 0.29) is 30.8 Å². The van der Waals surface area contributed by atoms with Crippen LogP contribution in [0.3, 0.4) is 0 Å². The molecule has 4 nitrogen and oxygen atoms in total. The molecule has 2 rings (SSSR count). The normalized spacial score (nSPS) is 18.6. The molecule has 1 saturated heterocycles. The summed E-state index contributed by atoms with van der Waals surface area (Å²) in [6.07, 6.45) is 2.49. The van der Waals surface area contributed by atoms with Gasteiger partial charge in [-0.3, -0.25) is 9.59 Å². The number of esters is 1. The summed E-state index contributed by atoms with van der Waals surface area (Å²) in [7, 11) is 0. The van der Waals surface area contributed by atoms with Crippen molar-refractivity contribution in [3.8, 4) is 0 Å². The van der Waals surface area contributed by atoms with Crippen LogP contribution in [0.25, 0.3) is 0 Å². The summed E-state index contributed by atoms with van der Waals surface area (Å²) in [5.41, 5.74) is 0. The highest BCUT2D eigenvalue weighted by molar-refractivity contribution is 7.10. The number of nitrogens with zero attached hydrogens (tertiary/aromatic N) is 1. The van der Waals surface area contributed by atoms with Crippen molar-refractivity contribution in [3.05, 3.63) is 22.4 Å². The number of carbonyl (C=O) groups excluding carboxylic acids is 2. The van der Waals surface area contributed by atoms with Crippen LogP contribution in [0.2, 0.25) is 0 Å². The van der Waals surface area contributed by atoms with Gasteiger partial charge in [0.25, 0.3) is 0 Å². The first-order valence-electron chi connectivity index (χ1n) is 6.71. The Balaban J connectivity index is 1.89. The fourth-order valence-electron chi connectivity index (χ4n) is 2.43. The molecule has 1 aromatic heterocycles. The molecule has 0 saturated carbocycles. The van der Waals surface area contributed by atoms with Crippen molar-refractivity contribution in [2.45, 2.75) is 38.6 Å². The number of amides is 1. The van der Waals surface area contributed by atoms with Crippen molar-refractivity contribution in [2.24, 2.45) is 0 Å². The molecule has 0 spiro atoms. The van der Waals surface area contributed by atoms with Crippen LogP contribution in [0.5, 0.6) is 0 Å². The van der Waals surface area contributed by atoms with Crippen molar-refractivity contribution in [1.29, 1.82) is 0 Å². The number of hydrogen-bond donors (Lipinski definition) is 0. The topological polar surface area (TPSA) is 46.6 Å². The standard InChI is InChI=1S/C14H19NO3S/c1-2-18-14(17)8-7-13(16)15-9-3-5-11(15)12-6-4-10-19-12/h4,6,10-11H,2-3,5,7-9H2,1H3/t11-/m1/s1. The zero-order chi connectivity index (χ0) is 13.7. The summed E-state index contributed by atoms with van der Waals surface area (Å²) >= 11 is 1.69. The first-order chi connectivity index (χ1) is 9.22. The lowest BCUT2D eigenvalue weighted by molar-refractivity contribution is -0.145. The van der Waals surface area contributed by atoms with Crippen molar-refractivity contribution >= 4 is 23.2 Å². The van der Waals surface area contributed by atoms with E-state index in [2.05, 4.69) is 6.07 Å². The zero-order valence-electron chi connectivity index (χ0n) is 11.1. The summed E-state index contributed by atoms with van der Waals surface area (Å²) in [5, 5.41) is 2.04. The molecule has 19 heavy (non-hydrogen) atoms. The van der Waals surface area contributed by atoms with E-state index in [0.717, 1.165) is 19.4 Å². The third-order valence-electron chi connectivity index (χ3n) is 3.29. The molecule has 0 radical (unpaired) electrons. The Bertz CT molecular complexity index is 430. The summed E-state index contributed by atoms with van der Waals surface area (Å²) < 4.78 is 4.85. The van der Waals surface area contributed by atoms with Gasteiger partial charge < -0.3 is 9.64 Å². The highest BCUT2D eigenvalue weighted by Crippen LogP contribution is 2.34. The van der Waals surface area contributed by atoms with Crippen LogP contribution in [0.15, 0.2) is 17.5 Å². The molecule has 5 heteroatoms. The Morgan fingerprint density at radius 2 is 2.32 bits per heavy atom. The van der Waals surface area contributed by atoms with Gasteiger partial charge in [-0.25, -0.2) is 0 Å². The molecular formula is C14H19NO3S. The van der Waals surface area contributed by atoms with Gasteiger partial charge in [0.15, 0.2) is 0 Å². The van der Waals surface area contributed by atoms with Crippen LogP contribution in [-0.2, 0) is 14.3 Å². The van der Waals surface area contributed by atoms with Crippen LogP contribution in [0.4, 0.5) is 0 Å². The molecule has 0 aromatic carbocycles. The van der Waals surface area contributed by atoms with Crippen molar-refractivity contribution in [1.82, 2.24) is 4.90 Å². The maximum absolute atomic E-state index is 12.2. The van der Waals surface area contributed by atoms with Crippen LogP contribution in [0.1, 0.15) is 43.5 Å². The van der Waals surface area contributed by atoms with E-state index in [0.29, 0.717) is 6.61 Å². The third kappa shape index (κ3) is 3.56. The lowest BCUT2D eigenvalue weighted by Crippen LogP contribution is -2.30. The summed E-state index contributed by atoms with van der Waals surface area (Å²) in [6, 6.07) is 4.29. The van der Waals surface area contributed by atoms with Gasteiger partial charge in [0.1, 0.15) is 0 Å². The predicted molar refractivity (Wildman–Crippen MR) is 73.9 cm³/mol. The quantitative estimate of drug-likeness (QED) is 0.780. The van der Waals surface area contributed by atoms with E-state index in [9.17, 15) is 9.59 Å². The zero-order valence-corrected chi connectivity index (χ0v) is 11.9. The molecule has 1 fully saturated rings. The first kappa shape index (κ1) is 14.1. The van der Waals surface area contributed by atoms with Gasteiger partial charge in [-0.1, -0.05) is 6.07 Å². The second-order valence-corrected chi connectivity index (χ2v) is 5.54. The Hall–Kier alpha value is -1.36. The van der Waals surface area contributed by atoms with Crippen molar-refractivity contribution in [3.63, 3.8) is 0 Å². The molecule has 0 aliphatic carbocycles. The molecule has 104 valence electrons. The molecule has 1 aliphatic heterocycles. The molecule has 0 N–H and O–H groups in total. The maximum atomic E-state index is 12.2. The second kappa shape index (κ2) is 6.70. The van der Waals surface area contributed by atoms with Crippen LogP contribution in [-0.4, -0.2) is 29.9 Å². The van der Waals surface area contributed by atoms with E-state index in [1.165, 1.54) is 4.88 Å². The summed E-state index contributed by atoms with van der Waals surface area (Å²) in [6.45, 7) is 2.94. The van der Waals surface area contributed by atoms with Gasteiger partial charge >= 0.3 is 5.97 Å². The van der Waals surface area contributed by atoms with E-state index in [1.54, 1.807) is 18.3 Å². The average molecular weight is 281 g/mol. The van der Waals surface area contributed by atoms with Crippen molar-refractivity contribution < 1.29 is 14.3 Å². The van der Waals surface area contributed by atoms with Gasteiger partial charge in [-0.2, -0.15) is 0 Å². The minimum atomic E-state index is -0.289. The molecule has 2 heterocycles. The fraction of sp³-hybridized carbons (Fsp3) is 0.571. The predicted octanol–water partition coefficient (Wildman–Crippen LogP) is 2.75. The van der Waals surface area contributed by atoms with Crippen LogP contribution < -0.4 is 0 Å². The van der Waals surface area contributed by atoms with Gasteiger partial charge in [-0.05, 0) is 31.2 Å². The Kier molecular flexibility index (Phi) is 4.96. The minimum Gasteiger partial charge on any atom is -0.466 e. The molecule has 0 unspecified atom stereocenters. The largest absolute Gasteiger partial charge is 0.466 e. The number of ether oxygens (including phenoxy) is 1. The molecule has 1 aromatic rings. The van der Waals surface area contributed by atoms with Gasteiger partial charge in [0, 0.05) is 17.8 Å². The van der Waals surface area contributed by atoms with E-state index in [4.69, 9.17) is 4.74 Å². The molecule has 1 atom stereocenters. The smallest absolute Gasteiger partial charge is 0.306 e. The van der Waals surface area contributed by atoms with Crippen LogP contribution in [0, 0.1) is 0 Å². The van der Waals surface area contributed by atoms with Gasteiger partial charge in [-0.15, -0.1) is 11.3 Å². The summed E-state index contributed by atoms with van der Waals surface area (Å²) in [4.78, 5) is 26.6. The Labute approximate surface area is 117 Å². The molecule has 1 aliphatic rings. The maximum Gasteiger partial charge on any atom is 0.306 e.